The van der Waals surface area contributed by atoms with Gasteiger partial charge in [0, 0.05) is 45.4 Å². The quantitative estimate of drug-likeness (QED) is 0.778. The van der Waals surface area contributed by atoms with Crippen LogP contribution in [0.1, 0.15) is 32.0 Å². The predicted octanol–water partition coefficient (Wildman–Crippen LogP) is 2.30. The van der Waals surface area contributed by atoms with E-state index in [1.807, 2.05) is 37.1 Å². The number of fused-ring (bicyclic) bond motifs is 1. The van der Waals surface area contributed by atoms with Crippen molar-refractivity contribution in [1.82, 2.24) is 19.9 Å². The fourth-order valence-electron chi connectivity index (χ4n) is 3.41. The smallest absolute Gasteiger partial charge is 0.219 e. The van der Waals surface area contributed by atoms with E-state index in [1.54, 1.807) is 13.1 Å². The molecular formula is C20H27N5O2. The van der Waals surface area contributed by atoms with Crippen molar-refractivity contribution in [1.29, 1.82) is 0 Å². The summed E-state index contributed by atoms with van der Waals surface area (Å²) in [4.78, 5) is 29.8. The minimum Gasteiger partial charge on any atom is -0.377 e. The molecule has 0 radical (unpaired) electrons. The summed E-state index contributed by atoms with van der Waals surface area (Å²) < 4.78 is 5.69. The van der Waals surface area contributed by atoms with Gasteiger partial charge in [0.05, 0.1) is 18.3 Å². The molecule has 27 heavy (non-hydrogen) atoms. The van der Waals surface area contributed by atoms with Gasteiger partial charge in [0.25, 0.3) is 0 Å². The van der Waals surface area contributed by atoms with Crippen LogP contribution in [0.5, 0.6) is 0 Å². The van der Waals surface area contributed by atoms with Crippen LogP contribution in [0.15, 0.2) is 24.4 Å². The second-order valence-electron chi connectivity index (χ2n) is 6.85. The molecule has 2 aromatic heterocycles. The number of rotatable bonds is 6. The van der Waals surface area contributed by atoms with Gasteiger partial charge >= 0.3 is 0 Å². The largest absolute Gasteiger partial charge is 0.377 e. The van der Waals surface area contributed by atoms with Crippen LogP contribution in [-0.2, 0) is 22.5 Å². The Balaban J connectivity index is 2.00. The lowest BCUT2D eigenvalue weighted by atomic mass is 10.0. The van der Waals surface area contributed by atoms with Gasteiger partial charge in [-0.25, -0.2) is 9.97 Å². The fourth-order valence-corrected chi connectivity index (χ4v) is 3.41. The number of hydrogen-bond acceptors (Lipinski definition) is 6. The summed E-state index contributed by atoms with van der Waals surface area (Å²) in [5.74, 6) is 1.56. The zero-order valence-electron chi connectivity index (χ0n) is 16.5. The molecule has 0 bridgehead atoms. The average molecular weight is 369 g/mol. The van der Waals surface area contributed by atoms with Gasteiger partial charge in [-0.2, -0.15) is 0 Å². The summed E-state index contributed by atoms with van der Waals surface area (Å²) in [5, 5.41) is 0. The molecule has 144 valence electrons. The normalized spacial score (nSPS) is 14.6. The maximum Gasteiger partial charge on any atom is 0.219 e. The van der Waals surface area contributed by atoms with Crippen LogP contribution in [0, 0.1) is 0 Å². The Morgan fingerprint density at radius 1 is 1.37 bits per heavy atom. The second-order valence-corrected chi connectivity index (χ2v) is 6.85. The summed E-state index contributed by atoms with van der Waals surface area (Å²) in [7, 11) is 2.03. The third-order valence-corrected chi connectivity index (χ3v) is 4.73. The van der Waals surface area contributed by atoms with E-state index in [4.69, 9.17) is 14.7 Å². The molecule has 0 fully saturated rings. The maximum atomic E-state index is 11.8. The summed E-state index contributed by atoms with van der Waals surface area (Å²) >= 11 is 0. The lowest BCUT2D eigenvalue weighted by molar-refractivity contribution is -0.129. The van der Waals surface area contributed by atoms with Crippen molar-refractivity contribution in [3.05, 3.63) is 35.7 Å². The molecule has 0 saturated carbocycles. The molecule has 0 aromatic carbocycles. The van der Waals surface area contributed by atoms with E-state index in [1.165, 1.54) is 0 Å². The number of carbonyl (C=O) groups excluding carboxylic acids is 1. The molecule has 0 saturated heterocycles. The molecule has 1 amide bonds. The molecule has 7 nitrogen and oxygen atoms in total. The van der Waals surface area contributed by atoms with Crippen molar-refractivity contribution in [2.24, 2.45) is 0 Å². The monoisotopic (exact) mass is 369 g/mol. The fraction of sp³-hybridized carbons (Fsp3) is 0.500. The zero-order valence-corrected chi connectivity index (χ0v) is 16.5. The standard InChI is InChI=1S/C20H27N5O2/c1-5-27-14(2)12-24(4)20-16-9-11-25(15(3)26)13-18(16)22-19(23-20)17-8-6-7-10-21-17/h6-8,10,14H,5,9,11-13H2,1-4H3/t14-/m1/s1. The van der Waals surface area contributed by atoms with E-state index in [2.05, 4.69) is 16.8 Å². The van der Waals surface area contributed by atoms with Crippen LogP contribution in [-0.4, -0.2) is 58.6 Å². The van der Waals surface area contributed by atoms with E-state index >= 15 is 0 Å². The molecule has 1 aliphatic rings. The minimum absolute atomic E-state index is 0.0681. The number of nitrogens with zero attached hydrogens (tertiary/aromatic N) is 5. The Morgan fingerprint density at radius 3 is 2.85 bits per heavy atom. The average Bonchev–Trinajstić information content (AvgIpc) is 2.67. The zero-order chi connectivity index (χ0) is 19.4. The SMILES string of the molecule is CCO[C@H](C)CN(C)c1nc(-c2ccccn2)nc2c1CCN(C(C)=O)C2. The Hall–Kier alpha value is -2.54. The lowest BCUT2D eigenvalue weighted by Crippen LogP contribution is -2.37. The molecule has 3 heterocycles. The van der Waals surface area contributed by atoms with Gasteiger partial charge in [0.15, 0.2) is 5.82 Å². The first-order valence-corrected chi connectivity index (χ1v) is 9.39. The highest BCUT2D eigenvalue weighted by molar-refractivity contribution is 5.74. The van der Waals surface area contributed by atoms with Gasteiger partial charge in [-0.3, -0.25) is 9.78 Å². The van der Waals surface area contributed by atoms with Crippen LogP contribution in [0.4, 0.5) is 5.82 Å². The number of carbonyl (C=O) groups is 1. The topological polar surface area (TPSA) is 71.5 Å². The van der Waals surface area contributed by atoms with Crippen LogP contribution < -0.4 is 4.90 Å². The molecule has 0 spiro atoms. The van der Waals surface area contributed by atoms with E-state index in [-0.39, 0.29) is 12.0 Å². The number of anilines is 1. The van der Waals surface area contributed by atoms with E-state index < -0.39 is 0 Å². The summed E-state index contributed by atoms with van der Waals surface area (Å²) in [5.41, 5.74) is 2.74. The van der Waals surface area contributed by atoms with E-state index in [0.717, 1.165) is 35.7 Å². The van der Waals surface area contributed by atoms with Crippen LogP contribution in [0.2, 0.25) is 0 Å². The maximum absolute atomic E-state index is 11.8. The minimum atomic E-state index is 0.0681. The summed E-state index contributed by atoms with van der Waals surface area (Å²) in [6.07, 6.45) is 2.59. The van der Waals surface area contributed by atoms with Gasteiger partial charge in [0.1, 0.15) is 11.5 Å². The summed E-state index contributed by atoms with van der Waals surface area (Å²) in [6.45, 7) is 8.27. The number of hydrogen-bond donors (Lipinski definition) is 0. The highest BCUT2D eigenvalue weighted by atomic mass is 16.5. The highest BCUT2D eigenvalue weighted by Gasteiger charge is 2.26. The molecule has 0 aliphatic carbocycles. The molecule has 2 aromatic rings. The number of aromatic nitrogens is 3. The number of amides is 1. The Morgan fingerprint density at radius 2 is 2.19 bits per heavy atom. The van der Waals surface area contributed by atoms with Crippen molar-refractivity contribution < 1.29 is 9.53 Å². The second kappa shape index (κ2) is 8.43. The first kappa shape index (κ1) is 19.2. The molecule has 0 N–H and O–H groups in total. The Labute approximate surface area is 160 Å². The van der Waals surface area contributed by atoms with Crippen LogP contribution in [0.25, 0.3) is 11.5 Å². The van der Waals surface area contributed by atoms with Gasteiger partial charge in [-0.05, 0) is 32.4 Å². The Kier molecular flexibility index (Phi) is 6.01. The van der Waals surface area contributed by atoms with Gasteiger partial charge in [-0.1, -0.05) is 6.07 Å². The van der Waals surface area contributed by atoms with Gasteiger partial charge < -0.3 is 14.5 Å². The molecule has 7 heteroatoms. The summed E-state index contributed by atoms with van der Waals surface area (Å²) in [6, 6.07) is 5.70. The first-order valence-electron chi connectivity index (χ1n) is 9.39. The molecular weight excluding hydrogens is 342 g/mol. The number of likely N-dealkylation sites (N-methyl/N-ethyl adjacent to an activating group) is 1. The number of ether oxygens (including phenoxy) is 1. The van der Waals surface area contributed by atoms with Crippen LogP contribution in [0.3, 0.4) is 0 Å². The highest BCUT2D eigenvalue weighted by Crippen LogP contribution is 2.28. The van der Waals surface area contributed by atoms with Crippen molar-refractivity contribution in [3.63, 3.8) is 0 Å². The van der Waals surface area contributed by atoms with Crippen LogP contribution >= 0.6 is 0 Å². The number of pyridine rings is 1. The predicted molar refractivity (Wildman–Crippen MR) is 104 cm³/mol. The van der Waals surface area contributed by atoms with E-state index in [9.17, 15) is 4.79 Å². The molecule has 3 rings (SSSR count). The lowest BCUT2D eigenvalue weighted by Gasteiger charge is -2.31. The van der Waals surface area contributed by atoms with E-state index in [0.29, 0.717) is 25.5 Å². The third kappa shape index (κ3) is 4.42. The Bertz CT molecular complexity index is 796. The van der Waals surface area contributed by atoms with Crippen molar-refractivity contribution in [2.45, 2.75) is 39.8 Å². The van der Waals surface area contributed by atoms with Crippen molar-refractivity contribution >= 4 is 11.7 Å². The molecule has 1 atom stereocenters. The van der Waals surface area contributed by atoms with Gasteiger partial charge in [0.2, 0.25) is 5.91 Å². The van der Waals surface area contributed by atoms with Crippen molar-refractivity contribution in [2.75, 3.05) is 31.6 Å². The first-order chi connectivity index (χ1) is 13.0. The molecule has 1 aliphatic heterocycles. The third-order valence-electron chi connectivity index (χ3n) is 4.73. The van der Waals surface area contributed by atoms with Gasteiger partial charge in [-0.15, -0.1) is 0 Å². The molecule has 0 unspecified atom stereocenters. The van der Waals surface area contributed by atoms with Crippen molar-refractivity contribution in [3.8, 4) is 11.5 Å².